The predicted molar refractivity (Wildman–Crippen MR) is 89.2 cm³/mol. The summed E-state index contributed by atoms with van der Waals surface area (Å²) in [7, 11) is -3.60. The quantitative estimate of drug-likeness (QED) is 0.795. The van der Waals surface area contributed by atoms with Crippen molar-refractivity contribution >= 4 is 43.0 Å². The summed E-state index contributed by atoms with van der Waals surface area (Å²) in [5.74, 6) is 0. The molecule has 0 amide bonds. The molecule has 2 heterocycles. The second-order valence-electron chi connectivity index (χ2n) is 4.37. The van der Waals surface area contributed by atoms with Crippen molar-refractivity contribution < 1.29 is 8.42 Å². The SMILES string of the molecule is CCNCc1cc(S(=O)(=O)Nc2ccncc2Br)c(C)s1. The van der Waals surface area contributed by atoms with E-state index < -0.39 is 10.0 Å². The fourth-order valence-electron chi connectivity index (χ4n) is 1.78. The third kappa shape index (κ3) is 4.03. The van der Waals surface area contributed by atoms with Gasteiger partial charge in [-0.2, -0.15) is 0 Å². The topological polar surface area (TPSA) is 71.1 Å². The lowest BCUT2D eigenvalue weighted by atomic mass is 10.4. The van der Waals surface area contributed by atoms with E-state index in [0.29, 0.717) is 21.6 Å². The first-order chi connectivity index (χ1) is 9.94. The Labute approximate surface area is 137 Å². The lowest BCUT2D eigenvalue weighted by molar-refractivity contribution is 0.601. The van der Waals surface area contributed by atoms with E-state index in [-0.39, 0.29) is 0 Å². The highest BCUT2D eigenvalue weighted by Gasteiger charge is 2.20. The molecule has 2 N–H and O–H groups in total. The van der Waals surface area contributed by atoms with Gasteiger partial charge >= 0.3 is 0 Å². The molecule has 21 heavy (non-hydrogen) atoms. The molecule has 0 fully saturated rings. The minimum Gasteiger partial charge on any atom is -0.312 e. The molecule has 0 radical (unpaired) electrons. The van der Waals surface area contributed by atoms with Crippen molar-refractivity contribution in [2.24, 2.45) is 0 Å². The van der Waals surface area contributed by atoms with Crippen LogP contribution in [0, 0.1) is 6.92 Å². The molecule has 0 aromatic carbocycles. The molecular weight excluding hydrogens is 374 g/mol. The fourth-order valence-corrected chi connectivity index (χ4v) is 4.95. The van der Waals surface area contributed by atoms with Gasteiger partial charge in [-0.15, -0.1) is 11.3 Å². The Morgan fingerprint density at radius 1 is 1.43 bits per heavy atom. The highest BCUT2D eigenvalue weighted by Crippen LogP contribution is 2.29. The smallest absolute Gasteiger partial charge is 0.263 e. The Bertz CT molecular complexity index is 729. The highest BCUT2D eigenvalue weighted by atomic mass is 79.9. The van der Waals surface area contributed by atoms with Gasteiger partial charge in [0.25, 0.3) is 10.0 Å². The molecule has 2 rings (SSSR count). The number of thiophene rings is 1. The minimum absolute atomic E-state index is 0.323. The van der Waals surface area contributed by atoms with E-state index in [1.54, 1.807) is 24.5 Å². The van der Waals surface area contributed by atoms with Gasteiger partial charge < -0.3 is 5.32 Å². The van der Waals surface area contributed by atoms with Gasteiger partial charge in [0.1, 0.15) is 4.90 Å². The summed E-state index contributed by atoms with van der Waals surface area (Å²) in [6.45, 7) is 5.36. The third-order valence-corrected chi connectivity index (χ3v) is 6.08. The number of halogens is 1. The van der Waals surface area contributed by atoms with E-state index in [0.717, 1.165) is 16.3 Å². The highest BCUT2D eigenvalue weighted by molar-refractivity contribution is 9.10. The number of rotatable bonds is 6. The van der Waals surface area contributed by atoms with Crippen molar-refractivity contribution in [3.05, 3.63) is 38.8 Å². The first-order valence-electron chi connectivity index (χ1n) is 6.36. The number of anilines is 1. The summed E-state index contributed by atoms with van der Waals surface area (Å²) in [5, 5.41) is 3.19. The van der Waals surface area contributed by atoms with E-state index in [2.05, 4.69) is 31.0 Å². The van der Waals surface area contributed by atoms with Crippen molar-refractivity contribution in [2.45, 2.75) is 25.3 Å². The van der Waals surface area contributed by atoms with Gasteiger partial charge in [0.2, 0.25) is 0 Å². The zero-order chi connectivity index (χ0) is 15.5. The first kappa shape index (κ1) is 16.4. The normalized spacial score (nSPS) is 11.6. The van der Waals surface area contributed by atoms with Crippen LogP contribution in [0.25, 0.3) is 0 Å². The molecule has 0 atom stereocenters. The van der Waals surface area contributed by atoms with Crippen molar-refractivity contribution in [1.29, 1.82) is 0 Å². The van der Waals surface area contributed by atoms with E-state index in [1.165, 1.54) is 11.3 Å². The van der Waals surface area contributed by atoms with Crippen molar-refractivity contribution in [3.8, 4) is 0 Å². The zero-order valence-electron chi connectivity index (χ0n) is 11.7. The van der Waals surface area contributed by atoms with Crippen molar-refractivity contribution in [1.82, 2.24) is 10.3 Å². The molecule has 0 aliphatic rings. The van der Waals surface area contributed by atoms with Crippen molar-refractivity contribution in [2.75, 3.05) is 11.3 Å². The maximum Gasteiger partial charge on any atom is 0.263 e. The number of nitrogens with zero attached hydrogens (tertiary/aromatic N) is 1. The van der Waals surface area contributed by atoms with Crippen LogP contribution in [-0.2, 0) is 16.6 Å². The number of aryl methyl sites for hydroxylation is 1. The van der Waals surface area contributed by atoms with Crippen LogP contribution >= 0.6 is 27.3 Å². The Morgan fingerprint density at radius 2 is 2.19 bits per heavy atom. The molecule has 0 unspecified atom stereocenters. The minimum atomic E-state index is -3.60. The first-order valence-corrected chi connectivity index (χ1v) is 9.45. The average molecular weight is 390 g/mol. The second kappa shape index (κ2) is 6.87. The van der Waals surface area contributed by atoms with Gasteiger partial charge in [0.15, 0.2) is 0 Å². The fraction of sp³-hybridized carbons (Fsp3) is 0.308. The van der Waals surface area contributed by atoms with Gasteiger partial charge in [0.05, 0.1) is 10.2 Å². The van der Waals surface area contributed by atoms with Gasteiger partial charge in [-0.3, -0.25) is 9.71 Å². The molecule has 5 nitrogen and oxygen atoms in total. The van der Waals surface area contributed by atoms with Crippen LogP contribution < -0.4 is 10.0 Å². The van der Waals surface area contributed by atoms with E-state index in [9.17, 15) is 8.42 Å². The molecule has 0 bridgehead atoms. The second-order valence-corrected chi connectivity index (χ2v) is 8.22. The van der Waals surface area contributed by atoms with E-state index in [4.69, 9.17) is 0 Å². The van der Waals surface area contributed by atoms with Gasteiger partial charge in [0, 0.05) is 28.7 Å². The number of hydrogen-bond acceptors (Lipinski definition) is 5. The zero-order valence-corrected chi connectivity index (χ0v) is 14.9. The summed E-state index contributed by atoms with van der Waals surface area (Å²) in [6, 6.07) is 3.34. The van der Waals surface area contributed by atoms with Gasteiger partial charge in [-0.25, -0.2) is 8.42 Å². The average Bonchev–Trinajstić information content (AvgIpc) is 2.81. The lowest BCUT2D eigenvalue weighted by Crippen LogP contribution is -2.14. The lowest BCUT2D eigenvalue weighted by Gasteiger charge is -2.08. The summed E-state index contributed by atoms with van der Waals surface area (Å²) < 4.78 is 28.2. The number of hydrogen-bond donors (Lipinski definition) is 2. The standard InChI is InChI=1S/C13H16BrN3O2S2/c1-3-15-7-10-6-13(9(2)20-10)21(18,19)17-12-4-5-16-8-11(12)14/h4-6,8,15H,3,7H2,1-2H3,(H,16,17). The molecule has 0 spiro atoms. The van der Waals surface area contributed by atoms with Crippen LogP contribution in [0.15, 0.2) is 33.9 Å². The largest absolute Gasteiger partial charge is 0.312 e. The summed E-state index contributed by atoms with van der Waals surface area (Å²) >= 11 is 4.77. The van der Waals surface area contributed by atoms with Crippen LogP contribution in [0.2, 0.25) is 0 Å². The number of nitrogens with one attached hydrogen (secondary N) is 2. The Hall–Kier alpha value is -0.960. The maximum atomic E-state index is 12.5. The van der Waals surface area contributed by atoms with Crippen LogP contribution in [0.1, 0.15) is 16.7 Å². The van der Waals surface area contributed by atoms with Crippen LogP contribution in [-0.4, -0.2) is 19.9 Å². The van der Waals surface area contributed by atoms with Crippen LogP contribution in [0.4, 0.5) is 5.69 Å². The van der Waals surface area contributed by atoms with Gasteiger partial charge in [-0.1, -0.05) is 6.92 Å². The summed E-state index contributed by atoms with van der Waals surface area (Å²) in [6.07, 6.45) is 3.09. The predicted octanol–water partition coefficient (Wildman–Crippen LogP) is 3.12. The molecule has 0 saturated carbocycles. The number of aromatic nitrogens is 1. The number of sulfonamides is 1. The molecule has 2 aromatic heterocycles. The van der Waals surface area contributed by atoms with E-state index >= 15 is 0 Å². The molecule has 2 aromatic rings. The monoisotopic (exact) mass is 389 g/mol. The Balaban J connectivity index is 2.27. The molecule has 0 aliphatic carbocycles. The molecule has 0 saturated heterocycles. The van der Waals surface area contributed by atoms with Gasteiger partial charge in [-0.05, 0) is 41.5 Å². The molecule has 0 aliphatic heterocycles. The van der Waals surface area contributed by atoms with Crippen LogP contribution in [0.5, 0.6) is 0 Å². The molecular formula is C13H16BrN3O2S2. The van der Waals surface area contributed by atoms with Crippen molar-refractivity contribution in [3.63, 3.8) is 0 Å². The number of pyridine rings is 1. The summed E-state index contributed by atoms with van der Waals surface area (Å²) in [4.78, 5) is 6.02. The Morgan fingerprint density at radius 3 is 2.86 bits per heavy atom. The van der Waals surface area contributed by atoms with E-state index in [1.807, 2.05) is 13.8 Å². The molecule has 114 valence electrons. The molecule has 8 heteroatoms. The van der Waals surface area contributed by atoms with Crippen LogP contribution in [0.3, 0.4) is 0 Å². The maximum absolute atomic E-state index is 12.5. The Kier molecular flexibility index (Phi) is 5.37. The summed E-state index contributed by atoms with van der Waals surface area (Å²) in [5.41, 5.74) is 0.476. The third-order valence-electron chi connectivity index (χ3n) is 2.78.